The summed E-state index contributed by atoms with van der Waals surface area (Å²) in [5.74, 6) is -2.47. The number of nitro benzene ring substituents is 1. The highest BCUT2D eigenvalue weighted by molar-refractivity contribution is 5.93. The lowest BCUT2D eigenvalue weighted by atomic mass is 9.68. The minimum atomic E-state index is -5.02. The molecule has 1 heterocycles. The Bertz CT molecular complexity index is 1060. The van der Waals surface area contributed by atoms with Gasteiger partial charge in [-0.25, -0.2) is 9.59 Å². The summed E-state index contributed by atoms with van der Waals surface area (Å²) in [6.45, 7) is 3.54. The van der Waals surface area contributed by atoms with E-state index >= 15 is 0 Å². The Hall–Kier alpha value is -3.39. The lowest BCUT2D eigenvalue weighted by Crippen LogP contribution is -2.34. The molecule has 31 heavy (non-hydrogen) atoms. The molecule has 0 bridgehead atoms. The van der Waals surface area contributed by atoms with E-state index in [0.29, 0.717) is 0 Å². The number of esters is 1. The summed E-state index contributed by atoms with van der Waals surface area (Å²) in [6, 6.07) is 4.73. The molecular weight excluding hydrogens is 419 g/mol. The van der Waals surface area contributed by atoms with E-state index in [1.165, 1.54) is 12.1 Å². The molecule has 0 amide bonds. The van der Waals surface area contributed by atoms with Crippen LogP contribution in [0, 0.1) is 15.5 Å². The normalized spacial score (nSPS) is 20.6. The Kier molecular flexibility index (Phi) is 5.54. The molecule has 0 spiro atoms. The Labute approximate surface area is 175 Å². The van der Waals surface area contributed by atoms with Gasteiger partial charge in [0.05, 0.1) is 17.6 Å². The highest BCUT2D eigenvalue weighted by Gasteiger charge is 2.51. The first kappa shape index (κ1) is 22.3. The first-order valence-electron chi connectivity index (χ1n) is 9.19. The van der Waals surface area contributed by atoms with Gasteiger partial charge < -0.3 is 9.47 Å². The van der Waals surface area contributed by atoms with Crippen molar-refractivity contribution in [3.63, 3.8) is 0 Å². The van der Waals surface area contributed by atoms with Crippen LogP contribution in [0.5, 0.6) is 0 Å². The van der Waals surface area contributed by atoms with E-state index in [2.05, 4.69) is 4.74 Å². The molecule has 0 radical (unpaired) electrons. The van der Waals surface area contributed by atoms with E-state index in [1.807, 2.05) is 0 Å². The molecule has 3 rings (SSSR count). The number of non-ortho nitro benzene ring substituents is 1. The first-order valence-corrected chi connectivity index (χ1v) is 9.19. The SMILES string of the molecule is COC(=O)C1=C(C(F)(F)F)OC2=C(C(=C=O)CC(C)(C)C2)C1c1ccc([N+](=O)[O-])cc1. The van der Waals surface area contributed by atoms with Gasteiger partial charge in [-0.15, -0.1) is 0 Å². The Morgan fingerprint density at radius 3 is 2.35 bits per heavy atom. The second-order valence-corrected chi connectivity index (χ2v) is 8.05. The minimum absolute atomic E-state index is 0.0808. The van der Waals surface area contributed by atoms with Crippen molar-refractivity contribution in [2.45, 2.75) is 38.8 Å². The largest absolute Gasteiger partial charge is 0.466 e. The molecule has 1 atom stereocenters. The number of alkyl halides is 3. The Balaban J connectivity index is 2.33. The van der Waals surface area contributed by atoms with Crippen molar-refractivity contribution in [3.8, 4) is 0 Å². The van der Waals surface area contributed by atoms with Crippen LogP contribution in [0.25, 0.3) is 0 Å². The quantitative estimate of drug-likeness (QED) is 0.298. The highest BCUT2D eigenvalue weighted by atomic mass is 19.4. The van der Waals surface area contributed by atoms with Gasteiger partial charge in [0, 0.05) is 35.6 Å². The number of ether oxygens (including phenoxy) is 2. The first-order chi connectivity index (χ1) is 14.4. The van der Waals surface area contributed by atoms with E-state index in [-0.39, 0.29) is 41.0 Å². The maximum atomic E-state index is 13.9. The number of nitrogens with zero attached hydrogens (tertiary/aromatic N) is 1. The number of halogens is 3. The standard InChI is InChI=1S/C21H18F3NO6/c1-20(2)8-12(10-26)15-14(9-20)31-18(21(22,23)24)17(19(27)30-3)16(15)11-4-6-13(7-5-11)25(28)29/h4-7,16H,8-9H2,1-3H3. The number of carbonyl (C=O) groups is 1. The molecule has 0 fully saturated rings. The van der Waals surface area contributed by atoms with Crippen molar-refractivity contribution in [1.82, 2.24) is 0 Å². The molecule has 0 saturated heterocycles. The second-order valence-electron chi connectivity index (χ2n) is 8.05. The number of hydrogen-bond donors (Lipinski definition) is 0. The summed E-state index contributed by atoms with van der Waals surface area (Å²) in [7, 11) is 0.931. The number of allylic oxidation sites excluding steroid dienone is 4. The molecule has 1 aliphatic heterocycles. The van der Waals surface area contributed by atoms with Gasteiger partial charge in [-0.3, -0.25) is 10.1 Å². The summed E-state index contributed by atoms with van der Waals surface area (Å²) in [5, 5.41) is 11.0. The number of benzene rings is 1. The number of methoxy groups -OCH3 is 1. The molecule has 0 N–H and O–H groups in total. The number of rotatable bonds is 3. The maximum Gasteiger partial charge on any atom is 0.450 e. The molecule has 2 aliphatic rings. The fourth-order valence-corrected chi connectivity index (χ4v) is 3.96. The lowest BCUT2D eigenvalue weighted by molar-refractivity contribution is -0.384. The van der Waals surface area contributed by atoms with E-state index in [4.69, 9.17) is 4.74 Å². The average molecular weight is 437 g/mol. The van der Waals surface area contributed by atoms with Gasteiger partial charge in [0.2, 0.25) is 5.76 Å². The molecule has 7 nitrogen and oxygen atoms in total. The predicted molar refractivity (Wildman–Crippen MR) is 101 cm³/mol. The summed E-state index contributed by atoms with van der Waals surface area (Å²) in [6.07, 6.45) is -4.73. The lowest BCUT2D eigenvalue weighted by Gasteiger charge is -2.40. The van der Waals surface area contributed by atoms with Gasteiger partial charge in [-0.2, -0.15) is 13.2 Å². The minimum Gasteiger partial charge on any atom is -0.466 e. The van der Waals surface area contributed by atoms with E-state index in [9.17, 15) is 32.9 Å². The molecule has 1 aromatic rings. The van der Waals surface area contributed by atoms with Gasteiger partial charge in [0.25, 0.3) is 5.69 Å². The summed E-state index contributed by atoms with van der Waals surface area (Å²) >= 11 is 0. The van der Waals surface area contributed by atoms with Crippen LogP contribution in [-0.4, -0.2) is 30.1 Å². The van der Waals surface area contributed by atoms with Crippen LogP contribution >= 0.6 is 0 Å². The van der Waals surface area contributed by atoms with Crippen LogP contribution in [0.3, 0.4) is 0 Å². The average Bonchev–Trinajstić information content (AvgIpc) is 2.69. The Morgan fingerprint density at radius 1 is 1.26 bits per heavy atom. The topological polar surface area (TPSA) is 95.7 Å². The fraction of sp³-hybridized carbons (Fsp3) is 0.381. The fourth-order valence-electron chi connectivity index (χ4n) is 3.96. The number of hydrogen-bond acceptors (Lipinski definition) is 6. The molecule has 0 aromatic heterocycles. The van der Waals surface area contributed by atoms with Crippen LogP contribution in [0.4, 0.5) is 18.9 Å². The van der Waals surface area contributed by atoms with E-state index in [1.54, 1.807) is 19.8 Å². The van der Waals surface area contributed by atoms with Gasteiger partial charge in [0.15, 0.2) is 0 Å². The van der Waals surface area contributed by atoms with Crippen LogP contribution < -0.4 is 0 Å². The van der Waals surface area contributed by atoms with Crippen molar-refractivity contribution in [2.24, 2.45) is 5.41 Å². The molecular formula is C21H18F3NO6. The van der Waals surface area contributed by atoms with Gasteiger partial charge >= 0.3 is 12.1 Å². The van der Waals surface area contributed by atoms with Crippen LogP contribution in [-0.2, 0) is 19.1 Å². The zero-order valence-corrected chi connectivity index (χ0v) is 16.8. The van der Waals surface area contributed by atoms with Crippen molar-refractivity contribution >= 4 is 17.6 Å². The zero-order valence-electron chi connectivity index (χ0n) is 16.8. The Morgan fingerprint density at radius 2 is 1.87 bits per heavy atom. The summed E-state index contributed by atoms with van der Waals surface area (Å²) in [4.78, 5) is 34.6. The molecule has 164 valence electrons. The van der Waals surface area contributed by atoms with Crippen LogP contribution in [0.1, 0.15) is 38.2 Å². The summed E-state index contributed by atoms with van der Waals surface area (Å²) in [5.41, 5.74) is -1.34. The molecule has 0 saturated carbocycles. The van der Waals surface area contributed by atoms with Gasteiger partial charge in [-0.05, 0) is 17.4 Å². The van der Waals surface area contributed by atoms with Crippen LogP contribution in [0.2, 0.25) is 0 Å². The molecule has 1 aliphatic carbocycles. The third-order valence-corrected chi connectivity index (χ3v) is 5.19. The molecule has 1 aromatic carbocycles. The third kappa shape index (κ3) is 4.11. The number of carbonyl (C=O) groups excluding carboxylic acids is 2. The van der Waals surface area contributed by atoms with Crippen molar-refractivity contribution in [3.05, 3.63) is 68.2 Å². The monoisotopic (exact) mass is 437 g/mol. The van der Waals surface area contributed by atoms with E-state index < -0.39 is 39.7 Å². The number of nitro groups is 1. The van der Waals surface area contributed by atoms with E-state index in [0.717, 1.165) is 19.2 Å². The van der Waals surface area contributed by atoms with Crippen LogP contribution in [0.15, 0.2) is 52.5 Å². The van der Waals surface area contributed by atoms with Crippen molar-refractivity contribution in [2.75, 3.05) is 7.11 Å². The smallest absolute Gasteiger partial charge is 0.450 e. The third-order valence-electron chi connectivity index (χ3n) is 5.19. The van der Waals surface area contributed by atoms with Gasteiger partial charge in [-0.1, -0.05) is 26.0 Å². The summed E-state index contributed by atoms with van der Waals surface area (Å²) < 4.78 is 51.5. The highest BCUT2D eigenvalue weighted by Crippen LogP contribution is 2.54. The predicted octanol–water partition coefficient (Wildman–Crippen LogP) is 4.53. The van der Waals surface area contributed by atoms with Crippen molar-refractivity contribution in [1.29, 1.82) is 0 Å². The molecule has 10 heteroatoms. The second kappa shape index (κ2) is 7.70. The van der Waals surface area contributed by atoms with Crippen molar-refractivity contribution < 1.29 is 37.2 Å². The maximum absolute atomic E-state index is 13.9. The zero-order chi connectivity index (χ0) is 23.1. The van der Waals surface area contributed by atoms with Gasteiger partial charge in [0.1, 0.15) is 11.7 Å². The molecule has 1 unspecified atom stereocenters.